The highest BCUT2D eigenvalue weighted by Gasteiger charge is 2.38. The number of hydrogen-bond donors (Lipinski definition) is 1. The van der Waals surface area contributed by atoms with Crippen molar-refractivity contribution in [1.82, 2.24) is 9.80 Å². The van der Waals surface area contributed by atoms with Gasteiger partial charge in [0.1, 0.15) is 0 Å². The first-order valence-electron chi connectivity index (χ1n) is 7.24. The number of amides is 1. The second kappa shape index (κ2) is 5.57. The topological polar surface area (TPSA) is 49.6 Å². The van der Waals surface area contributed by atoms with Crippen LogP contribution in [0.5, 0.6) is 0 Å². The molecule has 2 fully saturated rings. The summed E-state index contributed by atoms with van der Waals surface area (Å²) < 4.78 is 0. The Balaban J connectivity index is 1.88. The highest BCUT2D eigenvalue weighted by Crippen LogP contribution is 2.30. The summed E-state index contributed by atoms with van der Waals surface area (Å²) in [5, 5.41) is 0. The maximum absolute atomic E-state index is 12.4. The van der Waals surface area contributed by atoms with E-state index in [1.54, 1.807) is 0 Å². The Bertz CT molecular complexity index is 299. The molecule has 0 aromatic carbocycles. The van der Waals surface area contributed by atoms with Gasteiger partial charge < -0.3 is 15.5 Å². The summed E-state index contributed by atoms with van der Waals surface area (Å²) in [5.41, 5.74) is 5.77. The Morgan fingerprint density at radius 3 is 2.61 bits per heavy atom. The largest absolute Gasteiger partial charge is 0.336 e. The minimum Gasteiger partial charge on any atom is -0.336 e. The molecule has 2 saturated heterocycles. The predicted octanol–water partition coefficient (Wildman–Crippen LogP) is 1.06. The van der Waals surface area contributed by atoms with E-state index < -0.39 is 0 Å². The van der Waals surface area contributed by atoms with E-state index >= 15 is 0 Å². The second-order valence-electron chi connectivity index (χ2n) is 6.30. The van der Waals surface area contributed by atoms with Crippen molar-refractivity contribution < 1.29 is 4.79 Å². The minimum atomic E-state index is -0.0808. The molecule has 0 aliphatic carbocycles. The normalized spacial score (nSPS) is 30.9. The molecular weight excluding hydrogens is 226 g/mol. The maximum Gasteiger partial charge on any atom is 0.223 e. The fourth-order valence-corrected chi connectivity index (χ4v) is 3.28. The summed E-state index contributed by atoms with van der Waals surface area (Å²) in [7, 11) is 2.16. The van der Waals surface area contributed by atoms with E-state index in [-0.39, 0.29) is 5.54 Å². The van der Waals surface area contributed by atoms with E-state index in [4.69, 9.17) is 5.73 Å². The molecule has 0 aromatic rings. The molecule has 2 heterocycles. The van der Waals surface area contributed by atoms with Crippen LogP contribution in [0.4, 0.5) is 0 Å². The Morgan fingerprint density at radius 2 is 2.00 bits per heavy atom. The molecule has 0 radical (unpaired) electrons. The monoisotopic (exact) mass is 253 g/mol. The summed E-state index contributed by atoms with van der Waals surface area (Å²) in [6, 6.07) is 0. The van der Waals surface area contributed by atoms with Crippen LogP contribution in [-0.2, 0) is 4.79 Å². The standard InChI is InChI=1S/C14H27N3O/c1-14(11-15)6-3-7-17(14)13(18)10-12-4-8-16(2)9-5-12/h12H,3-11,15H2,1-2H3. The molecule has 0 bridgehead atoms. The highest BCUT2D eigenvalue weighted by molar-refractivity contribution is 5.77. The van der Waals surface area contributed by atoms with Gasteiger partial charge in [-0.15, -0.1) is 0 Å². The van der Waals surface area contributed by atoms with Crippen LogP contribution in [0.2, 0.25) is 0 Å². The van der Waals surface area contributed by atoms with Gasteiger partial charge >= 0.3 is 0 Å². The van der Waals surface area contributed by atoms with Crippen molar-refractivity contribution in [3.63, 3.8) is 0 Å². The molecule has 4 heteroatoms. The molecule has 4 nitrogen and oxygen atoms in total. The van der Waals surface area contributed by atoms with Gasteiger partial charge in [0.05, 0.1) is 5.54 Å². The lowest BCUT2D eigenvalue weighted by Gasteiger charge is -2.36. The van der Waals surface area contributed by atoms with Crippen molar-refractivity contribution in [2.24, 2.45) is 11.7 Å². The zero-order chi connectivity index (χ0) is 13.2. The van der Waals surface area contributed by atoms with Gasteiger partial charge in [-0.3, -0.25) is 4.79 Å². The van der Waals surface area contributed by atoms with Gasteiger partial charge in [-0.2, -0.15) is 0 Å². The van der Waals surface area contributed by atoms with Gasteiger partial charge in [0, 0.05) is 19.5 Å². The Labute approximate surface area is 110 Å². The average Bonchev–Trinajstić information content (AvgIpc) is 2.75. The third kappa shape index (κ3) is 2.86. The summed E-state index contributed by atoms with van der Waals surface area (Å²) in [6.45, 7) is 5.88. The molecule has 0 aromatic heterocycles. The molecule has 0 saturated carbocycles. The highest BCUT2D eigenvalue weighted by atomic mass is 16.2. The third-order valence-electron chi connectivity index (χ3n) is 4.79. The first-order chi connectivity index (χ1) is 8.55. The summed E-state index contributed by atoms with van der Waals surface area (Å²) in [4.78, 5) is 16.8. The van der Waals surface area contributed by atoms with Crippen molar-refractivity contribution in [3.05, 3.63) is 0 Å². The lowest BCUT2D eigenvalue weighted by Crippen LogP contribution is -2.50. The van der Waals surface area contributed by atoms with E-state index in [0.717, 1.165) is 51.7 Å². The van der Waals surface area contributed by atoms with Crippen molar-refractivity contribution in [1.29, 1.82) is 0 Å². The third-order valence-corrected chi connectivity index (χ3v) is 4.79. The van der Waals surface area contributed by atoms with E-state index in [9.17, 15) is 4.79 Å². The molecule has 2 rings (SSSR count). The SMILES string of the molecule is CN1CCC(CC(=O)N2CCCC2(C)CN)CC1. The van der Waals surface area contributed by atoms with Crippen LogP contribution in [0.1, 0.15) is 39.0 Å². The first kappa shape index (κ1) is 13.8. The molecule has 2 aliphatic heterocycles. The lowest BCUT2D eigenvalue weighted by atomic mass is 9.92. The Morgan fingerprint density at radius 1 is 1.33 bits per heavy atom. The molecule has 2 aliphatic rings. The molecule has 1 unspecified atom stereocenters. The molecular formula is C14H27N3O. The van der Waals surface area contributed by atoms with Crippen molar-refractivity contribution >= 4 is 5.91 Å². The van der Waals surface area contributed by atoms with Crippen molar-refractivity contribution in [2.45, 2.75) is 44.6 Å². The van der Waals surface area contributed by atoms with Crippen molar-refractivity contribution in [2.75, 3.05) is 33.2 Å². The molecule has 1 amide bonds. The summed E-state index contributed by atoms with van der Waals surface area (Å²) in [6.07, 6.45) is 5.21. The Kier molecular flexibility index (Phi) is 4.28. The van der Waals surface area contributed by atoms with Gasteiger partial charge in [0.2, 0.25) is 5.91 Å². The van der Waals surface area contributed by atoms with E-state index in [1.807, 2.05) is 4.90 Å². The maximum atomic E-state index is 12.4. The number of carbonyl (C=O) groups is 1. The molecule has 2 N–H and O–H groups in total. The predicted molar refractivity (Wildman–Crippen MR) is 73.2 cm³/mol. The van der Waals surface area contributed by atoms with Crippen molar-refractivity contribution in [3.8, 4) is 0 Å². The number of nitrogens with zero attached hydrogens (tertiary/aromatic N) is 2. The number of piperidine rings is 1. The van der Waals surface area contributed by atoms with Crippen LogP contribution in [0.3, 0.4) is 0 Å². The summed E-state index contributed by atoms with van der Waals surface area (Å²) >= 11 is 0. The molecule has 104 valence electrons. The number of carbonyl (C=O) groups excluding carboxylic acids is 1. The zero-order valence-corrected chi connectivity index (χ0v) is 11.8. The molecule has 0 spiro atoms. The first-order valence-corrected chi connectivity index (χ1v) is 7.24. The van der Waals surface area contributed by atoms with Gasteiger partial charge in [-0.25, -0.2) is 0 Å². The lowest BCUT2D eigenvalue weighted by molar-refractivity contribution is -0.135. The van der Waals surface area contributed by atoms with E-state index in [0.29, 0.717) is 18.4 Å². The van der Waals surface area contributed by atoms with E-state index in [2.05, 4.69) is 18.9 Å². The van der Waals surface area contributed by atoms with E-state index in [1.165, 1.54) is 0 Å². The number of rotatable bonds is 3. The number of likely N-dealkylation sites (tertiary alicyclic amines) is 2. The zero-order valence-electron chi connectivity index (χ0n) is 11.8. The summed E-state index contributed by atoms with van der Waals surface area (Å²) in [5.74, 6) is 0.909. The van der Waals surface area contributed by atoms with Gasteiger partial charge in [-0.05, 0) is 58.7 Å². The number of hydrogen-bond acceptors (Lipinski definition) is 3. The van der Waals surface area contributed by atoms with Gasteiger partial charge in [-0.1, -0.05) is 0 Å². The van der Waals surface area contributed by atoms with Gasteiger partial charge in [0.25, 0.3) is 0 Å². The molecule has 18 heavy (non-hydrogen) atoms. The van der Waals surface area contributed by atoms with Gasteiger partial charge in [0.15, 0.2) is 0 Å². The van der Waals surface area contributed by atoms with Crippen LogP contribution in [-0.4, -0.2) is 54.5 Å². The quantitative estimate of drug-likeness (QED) is 0.818. The second-order valence-corrected chi connectivity index (χ2v) is 6.30. The van der Waals surface area contributed by atoms with Crippen LogP contribution in [0.25, 0.3) is 0 Å². The van der Waals surface area contributed by atoms with Crippen LogP contribution in [0, 0.1) is 5.92 Å². The fraction of sp³-hybridized carbons (Fsp3) is 0.929. The fourth-order valence-electron chi connectivity index (χ4n) is 3.28. The minimum absolute atomic E-state index is 0.0808. The smallest absolute Gasteiger partial charge is 0.223 e. The number of nitrogens with two attached hydrogens (primary N) is 1. The Hall–Kier alpha value is -0.610. The van der Waals surface area contributed by atoms with Crippen LogP contribution in [0.15, 0.2) is 0 Å². The van der Waals surface area contributed by atoms with Crippen LogP contribution >= 0.6 is 0 Å². The molecule has 1 atom stereocenters. The average molecular weight is 253 g/mol. The van der Waals surface area contributed by atoms with Crippen LogP contribution < -0.4 is 5.73 Å².